The minimum Gasteiger partial charge on any atom is -0.464 e. The van der Waals surface area contributed by atoms with Crippen molar-refractivity contribution < 1.29 is 14.6 Å². The van der Waals surface area contributed by atoms with E-state index in [2.05, 4.69) is 9.97 Å². The summed E-state index contributed by atoms with van der Waals surface area (Å²) in [6.07, 6.45) is 2.16. The van der Waals surface area contributed by atoms with E-state index in [9.17, 15) is 9.90 Å². The molecular weight excluding hydrogens is 232 g/mol. The third-order valence-electron chi connectivity index (χ3n) is 2.51. The number of aromatic amines is 1. The van der Waals surface area contributed by atoms with Crippen molar-refractivity contribution in [1.82, 2.24) is 9.97 Å². The summed E-state index contributed by atoms with van der Waals surface area (Å²) < 4.78 is 4.75. The molecule has 18 heavy (non-hydrogen) atoms. The second kappa shape index (κ2) is 5.46. The monoisotopic (exact) mass is 246 g/mol. The van der Waals surface area contributed by atoms with E-state index in [0.717, 1.165) is 11.4 Å². The molecule has 2 rings (SSSR count). The summed E-state index contributed by atoms with van der Waals surface area (Å²) in [6.45, 7) is 1.95. The van der Waals surface area contributed by atoms with Crippen molar-refractivity contribution in [3.63, 3.8) is 0 Å². The molecule has 0 bridgehead atoms. The lowest BCUT2D eigenvalue weighted by Crippen LogP contribution is -2.15. The van der Waals surface area contributed by atoms with Gasteiger partial charge < -0.3 is 14.8 Å². The van der Waals surface area contributed by atoms with Crippen molar-refractivity contribution in [1.29, 1.82) is 0 Å². The quantitative estimate of drug-likeness (QED) is 0.805. The molecule has 0 radical (unpaired) electrons. The summed E-state index contributed by atoms with van der Waals surface area (Å²) in [5, 5.41) is 9.74. The van der Waals surface area contributed by atoms with Gasteiger partial charge in [0.2, 0.25) is 0 Å². The number of rotatable bonds is 4. The van der Waals surface area contributed by atoms with E-state index in [4.69, 9.17) is 4.74 Å². The van der Waals surface area contributed by atoms with Gasteiger partial charge in [0.15, 0.2) is 6.10 Å². The highest BCUT2D eigenvalue weighted by molar-refractivity contribution is 5.76. The molecule has 0 aliphatic rings. The predicted molar refractivity (Wildman–Crippen MR) is 65.6 cm³/mol. The van der Waals surface area contributed by atoms with Crippen molar-refractivity contribution in [2.45, 2.75) is 13.0 Å². The first-order chi connectivity index (χ1) is 8.72. The number of ether oxygens (including phenoxy) is 1. The number of benzene rings is 1. The molecule has 0 saturated heterocycles. The van der Waals surface area contributed by atoms with E-state index < -0.39 is 12.1 Å². The Kier molecular flexibility index (Phi) is 3.74. The molecule has 0 fully saturated rings. The van der Waals surface area contributed by atoms with Crippen LogP contribution in [0.3, 0.4) is 0 Å². The van der Waals surface area contributed by atoms with Crippen LogP contribution in [0.5, 0.6) is 0 Å². The number of esters is 1. The largest absolute Gasteiger partial charge is 0.464 e. The maximum atomic E-state index is 11.4. The number of imidazole rings is 1. The van der Waals surface area contributed by atoms with Crippen LogP contribution in [0, 0.1) is 0 Å². The Balaban J connectivity index is 2.15. The molecule has 1 aromatic heterocycles. The number of hydrogen-bond acceptors (Lipinski definition) is 4. The first-order valence-corrected chi connectivity index (χ1v) is 5.66. The molecule has 0 spiro atoms. The zero-order valence-corrected chi connectivity index (χ0v) is 9.96. The fourth-order valence-electron chi connectivity index (χ4n) is 1.60. The zero-order valence-electron chi connectivity index (χ0n) is 9.96. The fourth-order valence-corrected chi connectivity index (χ4v) is 1.60. The molecule has 94 valence electrons. The van der Waals surface area contributed by atoms with Gasteiger partial charge in [-0.1, -0.05) is 24.3 Å². The van der Waals surface area contributed by atoms with Crippen LogP contribution < -0.4 is 0 Å². The minimum atomic E-state index is -1.24. The second-order valence-corrected chi connectivity index (χ2v) is 3.71. The van der Waals surface area contributed by atoms with Gasteiger partial charge >= 0.3 is 5.97 Å². The highest BCUT2D eigenvalue weighted by Gasteiger charge is 2.18. The Labute approximate surface area is 104 Å². The highest BCUT2D eigenvalue weighted by Crippen LogP contribution is 2.19. The SMILES string of the molecule is CCOC(=O)C(O)c1ccc(-c2ncc[nH]2)cc1. The number of aliphatic hydroxyl groups is 1. The van der Waals surface area contributed by atoms with E-state index in [1.54, 1.807) is 43.6 Å². The van der Waals surface area contributed by atoms with E-state index >= 15 is 0 Å². The number of aromatic nitrogens is 2. The Morgan fingerprint density at radius 3 is 2.72 bits per heavy atom. The van der Waals surface area contributed by atoms with E-state index in [0.29, 0.717) is 5.56 Å². The topological polar surface area (TPSA) is 75.2 Å². The molecule has 0 amide bonds. The van der Waals surface area contributed by atoms with Crippen molar-refractivity contribution in [3.05, 3.63) is 42.2 Å². The van der Waals surface area contributed by atoms with Crippen molar-refractivity contribution in [2.24, 2.45) is 0 Å². The van der Waals surface area contributed by atoms with Crippen LogP contribution in [0.1, 0.15) is 18.6 Å². The smallest absolute Gasteiger partial charge is 0.339 e. The number of nitrogens with zero attached hydrogens (tertiary/aromatic N) is 1. The summed E-state index contributed by atoms with van der Waals surface area (Å²) >= 11 is 0. The van der Waals surface area contributed by atoms with Crippen LogP contribution in [0.25, 0.3) is 11.4 Å². The van der Waals surface area contributed by atoms with Gasteiger partial charge in [0, 0.05) is 18.0 Å². The van der Waals surface area contributed by atoms with Crippen LogP contribution >= 0.6 is 0 Å². The lowest BCUT2D eigenvalue weighted by molar-refractivity contribution is -0.153. The summed E-state index contributed by atoms with van der Waals surface area (Å²) in [5.41, 5.74) is 1.39. The number of carbonyl (C=O) groups excluding carboxylic acids is 1. The van der Waals surface area contributed by atoms with E-state index in [-0.39, 0.29) is 6.61 Å². The molecule has 1 heterocycles. The Morgan fingerprint density at radius 1 is 1.44 bits per heavy atom. The van der Waals surface area contributed by atoms with Crippen molar-refractivity contribution in [3.8, 4) is 11.4 Å². The molecule has 1 atom stereocenters. The highest BCUT2D eigenvalue weighted by atomic mass is 16.5. The van der Waals surface area contributed by atoms with Gasteiger partial charge in [-0.2, -0.15) is 0 Å². The summed E-state index contributed by atoms with van der Waals surface area (Å²) in [6, 6.07) is 6.94. The number of aliphatic hydroxyl groups excluding tert-OH is 1. The van der Waals surface area contributed by atoms with Gasteiger partial charge in [-0.05, 0) is 12.5 Å². The van der Waals surface area contributed by atoms with Gasteiger partial charge in [-0.15, -0.1) is 0 Å². The van der Waals surface area contributed by atoms with Gasteiger partial charge in [-0.3, -0.25) is 0 Å². The molecule has 0 aliphatic heterocycles. The second-order valence-electron chi connectivity index (χ2n) is 3.71. The standard InChI is InChI=1S/C13H14N2O3/c1-2-18-13(17)11(16)9-3-5-10(6-4-9)12-14-7-8-15-12/h3-8,11,16H,2H2,1H3,(H,14,15). The molecule has 0 aliphatic carbocycles. The lowest BCUT2D eigenvalue weighted by atomic mass is 10.1. The number of carbonyl (C=O) groups is 1. The summed E-state index contributed by atoms with van der Waals surface area (Å²) in [5.74, 6) is 0.107. The first-order valence-electron chi connectivity index (χ1n) is 5.66. The zero-order chi connectivity index (χ0) is 13.0. The van der Waals surface area contributed by atoms with Gasteiger partial charge in [0.05, 0.1) is 6.61 Å². The Morgan fingerprint density at radius 2 is 2.17 bits per heavy atom. The first kappa shape index (κ1) is 12.3. The molecule has 5 nitrogen and oxygen atoms in total. The molecular formula is C13H14N2O3. The van der Waals surface area contributed by atoms with Gasteiger partial charge in [-0.25, -0.2) is 9.78 Å². The fraction of sp³-hybridized carbons (Fsp3) is 0.231. The van der Waals surface area contributed by atoms with Crippen LogP contribution in [-0.4, -0.2) is 27.7 Å². The van der Waals surface area contributed by atoms with Crippen LogP contribution in [0.2, 0.25) is 0 Å². The summed E-state index contributed by atoms with van der Waals surface area (Å²) in [4.78, 5) is 18.5. The molecule has 2 N–H and O–H groups in total. The lowest BCUT2D eigenvalue weighted by Gasteiger charge is -2.10. The molecule has 1 aromatic carbocycles. The average molecular weight is 246 g/mol. The summed E-state index contributed by atoms with van der Waals surface area (Å²) in [7, 11) is 0. The molecule has 5 heteroatoms. The Bertz CT molecular complexity index is 506. The molecule has 0 saturated carbocycles. The van der Waals surface area contributed by atoms with Crippen molar-refractivity contribution in [2.75, 3.05) is 6.61 Å². The van der Waals surface area contributed by atoms with E-state index in [1.807, 2.05) is 0 Å². The Hall–Kier alpha value is -2.14. The van der Waals surface area contributed by atoms with Crippen LogP contribution in [-0.2, 0) is 9.53 Å². The minimum absolute atomic E-state index is 0.250. The maximum absolute atomic E-state index is 11.4. The number of nitrogens with one attached hydrogen (secondary N) is 1. The van der Waals surface area contributed by atoms with Crippen LogP contribution in [0.15, 0.2) is 36.7 Å². The third-order valence-corrected chi connectivity index (χ3v) is 2.51. The normalized spacial score (nSPS) is 12.1. The number of H-pyrrole nitrogens is 1. The third kappa shape index (κ3) is 2.57. The molecule has 2 aromatic rings. The number of hydrogen-bond donors (Lipinski definition) is 2. The maximum Gasteiger partial charge on any atom is 0.339 e. The average Bonchev–Trinajstić information content (AvgIpc) is 2.92. The molecule has 1 unspecified atom stereocenters. The predicted octanol–water partition coefficient (Wildman–Crippen LogP) is 1.67. The van der Waals surface area contributed by atoms with Crippen molar-refractivity contribution >= 4 is 5.97 Å². The van der Waals surface area contributed by atoms with Crippen LogP contribution in [0.4, 0.5) is 0 Å². The van der Waals surface area contributed by atoms with E-state index in [1.165, 1.54) is 0 Å². The van der Waals surface area contributed by atoms with Gasteiger partial charge in [0.25, 0.3) is 0 Å². The van der Waals surface area contributed by atoms with Gasteiger partial charge in [0.1, 0.15) is 5.82 Å².